The van der Waals surface area contributed by atoms with Gasteiger partial charge in [0.15, 0.2) is 0 Å². The molecule has 1 aliphatic rings. The Morgan fingerprint density at radius 3 is 1.97 bits per heavy atom. The lowest BCUT2D eigenvalue weighted by molar-refractivity contribution is 0.575. The number of allylic oxidation sites excluding steroid dienone is 2. The van der Waals surface area contributed by atoms with Crippen molar-refractivity contribution in [2.75, 3.05) is 0 Å². The van der Waals surface area contributed by atoms with Crippen LogP contribution >= 0.6 is 0 Å². The summed E-state index contributed by atoms with van der Waals surface area (Å²) in [5, 5.41) is 16.4. The van der Waals surface area contributed by atoms with E-state index in [1.54, 1.807) is 0 Å². The van der Waals surface area contributed by atoms with Crippen LogP contribution in [-0.4, -0.2) is 19.1 Å². The van der Waals surface area contributed by atoms with Gasteiger partial charge in [0.05, 0.1) is 38.8 Å². The number of benzene rings is 10. The molecule has 348 valence electrons. The molecule has 1 atom stereocenters. The quantitative estimate of drug-likeness (QED) is 0.173. The molecule has 0 amide bonds. The summed E-state index contributed by atoms with van der Waals surface area (Å²) in [5.74, 6) is 0.719. The van der Waals surface area contributed by atoms with Gasteiger partial charge in [0, 0.05) is 54.2 Å². The summed E-state index contributed by atoms with van der Waals surface area (Å²) >= 11 is 0. The van der Waals surface area contributed by atoms with Crippen molar-refractivity contribution in [2.45, 2.75) is 13.8 Å². The maximum absolute atomic E-state index is 6.83. The highest BCUT2D eigenvalue weighted by Gasteiger charge is 2.23. The van der Waals surface area contributed by atoms with Gasteiger partial charge in [0.2, 0.25) is 5.95 Å². The van der Waals surface area contributed by atoms with Gasteiger partial charge in [-0.15, -0.1) is 0 Å². The Morgan fingerprint density at radius 2 is 1.15 bits per heavy atom. The van der Waals surface area contributed by atoms with Crippen molar-refractivity contribution in [3.8, 4) is 34.0 Å². The average Bonchev–Trinajstić information content (AvgIpc) is 4.10. The molecule has 1 aliphatic carbocycles. The maximum Gasteiger partial charge on any atom is 0.235 e. The number of aromatic nitrogens is 4. The van der Waals surface area contributed by atoms with Crippen LogP contribution in [0.4, 0.5) is 0 Å². The lowest BCUT2D eigenvalue weighted by Crippen LogP contribution is -2.35. The Morgan fingerprint density at radius 1 is 0.514 bits per heavy atom. The predicted molar refractivity (Wildman–Crippen MR) is 310 cm³/mol. The Kier molecular flexibility index (Phi) is 9.39. The van der Waals surface area contributed by atoms with E-state index in [0.29, 0.717) is 5.95 Å². The van der Waals surface area contributed by atoms with E-state index in [2.05, 4.69) is 253 Å². The van der Waals surface area contributed by atoms with Crippen molar-refractivity contribution in [2.24, 2.45) is 5.92 Å². The molecular weight excluding hydrogens is 901 g/mol. The van der Waals surface area contributed by atoms with Crippen molar-refractivity contribution < 1.29 is 4.42 Å². The molecule has 1 unspecified atom stereocenters. The smallest absolute Gasteiger partial charge is 0.235 e. The van der Waals surface area contributed by atoms with Gasteiger partial charge in [-0.3, -0.25) is 4.57 Å². The zero-order chi connectivity index (χ0) is 49.0. The lowest BCUT2D eigenvalue weighted by Gasteiger charge is -2.15. The number of fused-ring (bicyclic) bond motifs is 12. The number of para-hydroxylation sites is 2. The molecular formula is C69H46N4O. The standard InChI is InChI=1S/C69H46N4O/c1-3-4-31-65-67(54-41-55-51-25-12-14-29-60(51)72(63(55)38-42(54)2)59-30-16-21-44-18-6-9-23-49(44)59)57-40-47(34-37-64(57)74-65)46-33-35-61-56(39-46)66-50-24-10-7-19-45(50)32-36-62(66)73(61)69-70-58-28-13-11-26-53(58)68(71-69)52-27-15-20-43-17-5-8-22-48(43)52/h3-42H,1-2H3/b4-3-,65-31+,67-54-. The second kappa shape index (κ2) is 16.5. The van der Waals surface area contributed by atoms with Crippen molar-refractivity contribution in [3.05, 3.63) is 240 Å². The molecule has 0 N–H and O–H groups in total. The van der Waals surface area contributed by atoms with Gasteiger partial charge < -0.3 is 8.98 Å². The van der Waals surface area contributed by atoms with E-state index >= 15 is 0 Å². The number of rotatable bonds is 5. The van der Waals surface area contributed by atoms with E-state index in [1.807, 2.05) is 6.92 Å². The first-order valence-electron chi connectivity index (χ1n) is 25.5. The highest BCUT2D eigenvalue weighted by Crippen LogP contribution is 2.40. The van der Waals surface area contributed by atoms with Crippen molar-refractivity contribution in [1.82, 2.24) is 19.1 Å². The van der Waals surface area contributed by atoms with E-state index in [4.69, 9.17) is 14.4 Å². The van der Waals surface area contributed by atoms with E-state index in [-0.39, 0.29) is 5.92 Å². The van der Waals surface area contributed by atoms with Gasteiger partial charge in [-0.2, -0.15) is 0 Å². The summed E-state index contributed by atoms with van der Waals surface area (Å²) in [7, 11) is 0. The van der Waals surface area contributed by atoms with Gasteiger partial charge in [-0.05, 0) is 111 Å². The molecule has 10 aromatic carbocycles. The van der Waals surface area contributed by atoms with Gasteiger partial charge >= 0.3 is 0 Å². The molecule has 15 rings (SSSR count). The highest BCUT2D eigenvalue weighted by atomic mass is 16.3. The first kappa shape index (κ1) is 42.1. The molecule has 4 heterocycles. The Balaban J connectivity index is 0.960. The zero-order valence-electron chi connectivity index (χ0n) is 40.8. The van der Waals surface area contributed by atoms with Crippen LogP contribution in [0.5, 0.6) is 0 Å². The van der Waals surface area contributed by atoms with Crippen LogP contribution in [0.1, 0.15) is 13.8 Å². The number of nitrogens with zero attached hydrogens (tertiary/aromatic N) is 4. The summed E-state index contributed by atoms with van der Waals surface area (Å²) in [5.41, 5.74) is 12.5. The Labute approximate surface area is 425 Å². The van der Waals surface area contributed by atoms with Gasteiger partial charge in [0.1, 0.15) is 11.0 Å². The summed E-state index contributed by atoms with van der Waals surface area (Å²) in [6.45, 7) is 4.37. The molecule has 0 saturated heterocycles. The van der Waals surface area contributed by atoms with Crippen LogP contribution in [0, 0.1) is 5.92 Å². The van der Waals surface area contributed by atoms with E-state index in [9.17, 15) is 0 Å². The maximum atomic E-state index is 6.83. The summed E-state index contributed by atoms with van der Waals surface area (Å²) in [6, 6.07) is 74.3. The van der Waals surface area contributed by atoms with Crippen LogP contribution in [0.3, 0.4) is 0 Å². The molecule has 5 nitrogen and oxygen atoms in total. The monoisotopic (exact) mass is 946 g/mol. The summed E-state index contributed by atoms with van der Waals surface area (Å²) < 4.78 is 11.6. The van der Waals surface area contributed by atoms with Crippen LogP contribution in [0.15, 0.2) is 223 Å². The fraction of sp³-hybridized carbons (Fsp3) is 0.0435. The largest absolute Gasteiger partial charge is 0.456 e. The molecule has 0 fully saturated rings. The van der Waals surface area contributed by atoms with Gasteiger partial charge in [0.25, 0.3) is 0 Å². The predicted octanol–water partition coefficient (Wildman–Crippen LogP) is 14.6. The first-order chi connectivity index (χ1) is 36.6. The minimum Gasteiger partial charge on any atom is -0.456 e. The highest BCUT2D eigenvalue weighted by molar-refractivity contribution is 6.22. The number of furan rings is 1. The molecule has 0 bridgehead atoms. The van der Waals surface area contributed by atoms with Crippen LogP contribution < -0.4 is 21.2 Å². The van der Waals surface area contributed by atoms with Crippen molar-refractivity contribution >= 4 is 111 Å². The fourth-order valence-electron chi connectivity index (χ4n) is 12.1. The third-order valence-electron chi connectivity index (χ3n) is 15.4. The second-order valence-corrected chi connectivity index (χ2v) is 19.6. The minimum absolute atomic E-state index is 0.0805. The van der Waals surface area contributed by atoms with Gasteiger partial charge in [-0.1, -0.05) is 183 Å². The summed E-state index contributed by atoms with van der Waals surface area (Å²) in [4.78, 5) is 10.9. The molecule has 0 spiro atoms. The number of hydrogen-bond donors (Lipinski definition) is 0. The van der Waals surface area contributed by atoms with Crippen LogP contribution in [-0.2, 0) is 0 Å². The SMILES string of the molecule is C\C=C/C=c1/oc2ccc(-c3ccc4c(c3)c3c5ccccc5ccc3n4-c3nc(-c4cccc5ccccc45)c4ccccc4n3)cc2/c1=C1\C=c2c(n(-c3cccc4ccccc34)c3ccccc23)=CC1C. The van der Waals surface area contributed by atoms with Crippen LogP contribution in [0.2, 0.25) is 0 Å². The number of hydrogen-bond acceptors (Lipinski definition) is 3. The average molecular weight is 947 g/mol. The molecule has 0 radical (unpaired) electrons. The molecule has 5 heteroatoms. The third kappa shape index (κ3) is 6.36. The zero-order valence-corrected chi connectivity index (χ0v) is 40.8. The van der Waals surface area contributed by atoms with Crippen molar-refractivity contribution in [3.63, 3.8) is 0 Å². The third-order valence-corrected chi connectivity index (χ3v) is 15.4. The molecule has 74 heavy (non-hydrogen) atoms. The second-order valence-electron chi connectivity index (χ2n) is 19.6. The van der Waals surface area contributed by atoms with E-state index < -0.39 is 0 Å². The van der Waals surface area contributed by atoms with Crippen LogP contribution in [0.25, 0.3) is 145 Å². The Bertz CT molecular complexity index is 5000. The van der Waals surface area contributed by atoms with E-state index in [0.717, 1.165) is 76.7 Å². The molecule has 14 aromatic rings. The minimum atomic E-state index is 0.0805. The first-order valence-corrected chi connectivity index (χ1v) is 25.5. The Hall–Kier alpha value is -9.58. The molecule has 0 saturated carbocycles. The molecule has 4 aromatic heterocycles. The van der Waals surface area contributed by atoms with E-state index in [1.165, 1.54) is 65.0 Å². The van der Waals surface area contributed by atoms with Crippen molar-refractivity contribution in [1.29, 1.82) is 0 Å². The summed E-state index contributed by atoms with van der Waals surface area (Å²) in [6.07, 6.45) is 11.1. The normalized spacial score (nSPS) is 14.9. The lowest BCUT2D eigenvalue weighted by atomic mass is 9.92. The molecule has 0 aliphatic heterocycles. The topological polar surface area (TPSA) is 48.8 Å². The van der Waals surface area contributed by atoms with Gasteiger partial charge in [-0.25, -0.2) is 9.97 Å². The fourth-order valence-corrected chi connectivity index (χ4v) is 12.1.